The van der Waals surface area contributed by atoms with E-state index in [-0.39, 0.29) is 0 Å². The number of fused-ring (bicyclic) bond motifs is 1. The zero-order chi connectivity index (χ0) is 13.3. The molecule has 1 N–H and O–H groups in total. The van der Waals surface area contributed by atoms with E-state index in [0.717, 1.165) is 32.7 Å². The van der Waals surface area contributed by atoms with Crippen molar-refractivity contribution in [3.63, 3.8) is 0 Å². The Labute approximate surface area is 114 Å². The summed E-state index contributed by atoms with van der Waals surface area (Å²) in [6.45, 7) is 6.81. The van der Waals surface area contributed by atoms with Crippen LogP contribution in [0.2, 0.25) is 0 Å². The fourth-order valence-electron chi connectivity index (χ4n) is 1.96. The van der Waals surface area contributed by atoms with Gasteiger partial charge in [-0.2, -0.15) is 0 Å². The number of hydrogen-bond acceptors (Lipinski definition) is 3. The number of hydrogen-bond donors (Lipinski definition) is 1. The van der Waals surface area contributed by atoms with E-state index in [0.29, 0.717) is 0 Å². The second kappa shape index (κ2) is 7.67. The first-order chi connectivity index (χ1) is 9.42. The van der Waals surface area contributed by atoms with Crippen LogP contribution in [0, 0.1) is 0 Å². The molecule has 2 aromatic rings. The highest BCUT2D eigenvalue weighted by molar-refractivity contribution is 5.84. The van der Waals surface area contributed by atoms with E-state index >= 15 is 0 Å². The number of aromatic nitrogens is 1. The third kappa shape index (κ3) is 4.16. The fraction of sp³-hybridized carbons (Fsp3) is 0.312. The third-order valence-electron chi connectivity index (χ3n) is 2.96. The van der Waals surface area contributed by atoms with Crippen LogP contribution in [-0.4, -0.2) is 24.7 Å². The molecule has 0 atom stereocenters. The number of rotatable bonds is 8. The van der Waals surface area contributed by atoms with Gasteiger partial charge in [-0.1, -0.05) is 30.3 Å². The van der Waals surface area contributed by atoms with E-state index in [1.54, 1.807) is 0 Å². The molecule has 0 fully saturated rings. The highest BCUT2D eigenvalue weighted by Gasteiger charge is 2.00. The van der Waals surface area contributed by atoms with E-state index in [1.807, 2.05) is 24.5 Å². The predicted molar refractivity (Wildman–Crippen MR) is 79.1 cm³/mol. The lowest BCUT2D eigenvalue weighted by Gasteiger charge is -2.08. The molecule has 0 spiro atoms. The molecule has 3 nitrogen and oxygen atoms in total. The van der Waals surface area contributed by atoms with E-state index in [2.05, 4.69) is 35.1 Å². The summed E-state index contributed by atoms with van der Waals surface area (Å²) in [5.41, 5.74) is 1.23. The first-order valence-electron chi connectivity index (χ1n) is 6.63. The topological polar surface area (TPSA) is 34.1 Å². The summed E-state index contributed by atoms with van der Waals surface area (Å²) in [5.74, 6) is 0. The highest BCUT2D eigenvalue weighted by atomic mass is 16.5. The Kier molecular flexibility index (Phi) is 5.53. The normalized spacial score (nSPS) is 10.7. The maximum absolute atomic E-state index is 5.45. The van der Waals surface area contributed by atoms with Crippen molar-refractivity contribution in [3.05, 3.63) is 54.9 Å². The summed E-state index contributed by atoms with van der Waals surface area (Å²) in [6.07, 6.45) is 6.60. The van der Waals surface area contributed by atoms with Crippen LogP contribution >= 0.6 is 0 Å². The monoisotopic (exact) mass is 256 g/mol. The molecule has 3 heteroatoms. The Bertz CT molecular complexity index is 520. The van der Waals surface area contributed by atoms with Crippen molar-refractivity contribution in [3.8, 4) is 0 Å². The average molecular weight is 256 g/mol. The van der Waals surface area contributed by atoms with Crippen LogP contribution in [0.4, 0.5) is 0 Å². The second-order valence-corrected chi connectivity index (χ2v) is 4.39. The summed E-state index contributed by atoms with van der Waals surface area (Å²) < 4.78 is 5.45. The standard InChI is InChI=1S/C16H20N2O/c1-2-3-9-19-10-8-17-12-15-13-18-11-14-6-4-5-7-16(14)15/h2,4-7,11,13,17H,1,3,8-10,12H2. The van der Waals surface area contributed by atoms with E-state index in [4.69, 9.17) is 4.74 Å². The first kappa shape index (κ1) is 13.7. The molecule has 0 saturated carbocycles. The van der Waals surface area contributed by atoms with Crippen molar-refractivity contribution in [1.82, 2.24) is 10.3 Å². The minimum atomic E-state index is 0.728. The van der Waals surface area contributed by atoms with Crippen LogP contribution in [-0.2, 0) is 11.3 Å². The Morgan fingerprint density at radius 3 is 3.00 bits per heavy atom. The van der Waals surface area contributed by atoms with E-state index < -0.39 is 0 Å². The predicted octanol–water partition coefficient (Wildman–Crippen LogP) is 2.92. The molecule has 0 radical (unpaired) electrons. The molecule has 0 amide bonds. The van der Waals surface area contributed by atoms with Crippen molar-refractivity contribution >= 4 is 10.8 Å². The van der Waals surface area contributed by atoms with Gasteiger partial charge < -0.3 is 10.1 Å². The lowest BCUT2D eigenvalue weighted by atomic mass is 10.1. The lowest BCUT2D eigenvalue weighted by molar-refractivity contribution is 0.140. The Balaban J connectivity index is 1.80. The minimum Gasteiger partial charge on any atom is -0.380 e. The molecule has 0 unspecified atom stereocenters. The molecule has 0 aliphatic heterocycles. The van der Waals surface area contributed by atoms with Crippen molar-refractivity contribution in [2.24, 2.45) is 0 Å². The van der Waals surface area contributed by atoms with Crippen molar-refractivity contribution < 1.29 is 4.74 Å². The van der Waals surface area contributed by atoms with Crippen molar-refractivity contribution in [1.29, 1.82) is 0 Å². The van der Waals surface area contributed by atoms with E-state index in [9.17, 15) is 0 Å². The summed E-state index contributed by atoms with van der Waals surface area (Å²) in [5, 5.41) is 5.83. The zero-order valence-corrected chi connectivity index (χ0v) is 11.1. The number of nitrogens with one attached hydrogen (secondary N) is 1. The summed E-state index contributed by atoms with van der Waals surface area (Å²) in [7, 11) is 0. The maximum atomic E-state index is 5.45. The molecule has 2 rings (SSSR count). The molecule has 100 valence electrons. The molecule has 0 bridgehead atoms. The lowest BCUT2D eigenvalue weighted by Crippen LogP contribution is -2.19. The van der Waals surface area contributed by atoms with Gasteiger partial charge in [-0.25, -0.2) is 0 Å². The first-order valence-corrected chi connectivity index (χ1v) is 6.63. The quantitative estimate of drug-likeness (QED) is 0.582. The van der Waals surface area contributed by atoms with Crippen LogP contribution in [0.25, 0.3) is 10.8 Å². The number of benzene rings is 1. The van der Waals surface area contributed by atoms with Gasteiger partial charge >= 0.3 is 0 Å². The molecule has 0 aliphatic carbocycles. The van der Waals surface area contributed by atoms with Gasteiger partial charge in [0.15, 0.2) is 0 Å². The molecule has 19 heavy (non-hydrogen) atoms. The molecule has 1 heterocycles. The van der Waals surface area contributed by atoms with Crippen LogP contribution in [0.15, 0.2) is 49.3 Å². The second-order valence-electron chi connectivity index (χ2n) is 4.39. The summed E-state index contributed by atoms with van der Waals surface area (Å²) in [4.78, 5) is 4.27. The third-order valence-corrected chi connectivity index (χ3v) is 2.96. The number of pyridine rings is 1. The molecular weight excluding hydrogens is 236 g/mol. The number of nitrogens with zero attached hydrogens (tertiary/aromatic N) is 1. The van der Waals surface area contributed by atoms with Gasteiger partial charge in [0.25, 0.3) is 0 Å². The molecule has 0 aliphatic rings. The maximum Gasteiger partial charge on any atom is 0.0591 e. The molecule has 1 aromatic heterocycles. The van der Waals surface area contributed by atoms with Crippen LogP contribution in [0.1, 0.15) is 12.0 Å². The Morgan fingerprint density at radius 1 is 1.21 bits per heavy atom. The molecule has 1 aromatic carbocycles. The fourth-order valence-corrected chi connectivity index (χ4v) is 1.96. The van der Waals surface area contributed by atoms with E-state index in [1.165, 1.54) is 16.3 Å². The Hall–Kier alpha value is -1.71. The van der Waals surface area contributed by atoms with Crippen LogP contribution in [0.3, 0.4) is 0 Å². The molecular formula is C16H20N2O. The van der Waals surface area contributed by atoms with Gasteiger partial charge in [0.05, 0.1) is 13.2 Å². The smallest absolute Gasteiger partial charge is 0.0591 e. The van der Waals surface area contributed by atoms with Gasteiger partial charge in [-0.05, 0) is 17.4 Å². The zero-order valence-electron chi connectivity index (χ0n) is 11.1. The average Bonchev–Trinajstić information content (AvgIpc) is 2.46. The number of ether oxygens (including phenoxy) is 1. The van der Waals surface area contributed by atoms with Gasteiger partial charge in [0, 0.05) is 30.9 Å². The van der Waals surface area contributed by atoms with Gasteiger partial charge in [0.1, 0.15) is 0 Å². The highest BCUT2D eigenvalue weighted by Crippen LogP contribution is 2.16. The van der Waals surface area contributed by atoms with Gasteiger partial charge in [0.2, 0.25) is 0 Å². The van der Waals surface area contributed by atoms with Crippen LogP contribution in [0.5, 0.6) is 0 Å². The van der Waals surface area contributed by atoms with Crippen molar-refractivity contribution in [2.45, 2.75) is 13.0 Å². The van der Waals surface area contributed by atoms with Crippen molar-refractivity contribution in [2.75, 3.05) is 19.8 Å². The summed E-state index contributed by atoms with van der Waals surface area (Å²) in [6, 6.07) is 8.32. The summed E-state index contributed by atoms with van der Waals surface area (Å²) >= 11 is 0. The SMILES string of the molecule is C=CCCOCCNCc1cncc2ccccc12. The van der Waals surface area contributed by atoms with Gasteiger partial charge in [-0.3, -0.25) is 4.98 Å². The Morgan fingerprint density at radius 2 is 2.11 bits per heavy atom. The largest absolute Gasteiger partial charge is 0.380 e. The minimum absolute atomic E-state index is 0.728. The van der Waals surface area contributed by atoms with Gasteiger partial charge in [-0.15, -0.1) is 6.58 Å². The molecule has 0 saturated heterocycles. The van der Waals surface area contributed by atoms with Crippen LogP contribution < -0.4 is 5.32 Å².